The van der Waals surface area contributed by atoms with Crippen molar-refractivity contribution in [3.05, 3.63) is 101 Å². The van der Waals surface area contributed by atoms with Crippen LogP contribution in [-0.4, -0.2) is 35.9 Å². The van der Waals surface area contributed by atoms with Crippen LogP contribution in [0, 0.1) is 5.92 Å². The molecule has 1 saturated heterocycles. The Bertz CT molecular complexity index is 1290. The minimum atomic E-state index is -0.241. The molecular formula is C29H28N2O2S2. The highest BCUT2D eigenvalue weighted by Crippen LogP contribution is 2.48. The van der Waals surface area contributed by atoms with E-state index in [9.17, 15) is 9.59 Å². The average molecular weight is 501 g/mol. The van der Waals surface area contributed by atoms with E-state index in [1.54, 1.807) is 17.8 Å². The largest absolute Gasteiger partial charge is 0.356 e. The minimum Gasteiger partial charge on any atom is -0.356 e. The van der Waals surface area contributed by atoms with Gasteiger partial charge in [0, 0.05) is 17.7 Å². The number of carbonyl (C=O) groups is 2. The van der Waals surface area contributed by atoms with E-state index < -0.39 is 0 Å². The van der Waals surface area contributed by atoms with Crippen molar-refractivity contribution in [2.24, 2.45) is 5.92 Å². The lowest BCUT2D eigenvalue weighted by Crippen LogP contribution is -2.40. The fourth-order valence-electron chi connectivity index (χ4n) is 4.62. The van der Waals surface area contributed by atoms with E-state index >= 15 is 0 Å². The third-order valence-corrected chi connectivity index (χ3v) is 8.65. The van der Waals surface area contributed by atoms with Gasteiger partial charge in [-0.15, -0.1) is 11.8 Å². The number of rotatable bonds is 8. The molecule has 5 rings (SSSR count). The molecule has 2 aliphatic rings. The summed E-state index contributed by atoms with van der Waals surface area (Å²) in [5.74, 6) is 1.15. The van der Waals surface area contributed by atoms with Gasteiger partial charge in [-0.1, -0.05) is 60.7 Å². The van der Waals surface area contributed by atoms with Crippen LogP contribution in [0.4, 0.5) is 0 Å². The van der Waals surface area contributed by atoms with Crippen molar-refractivity contribution in [3.63, 3.8) is 0 Å². The number of amides is 1. The van der Waals surface area contributed by atoms with Crippen molar-refractivity contribution in [2.45, 2.75) is 30.2 Å². The number of fused-ring (bicyclic) bond motifs is 1. The topological polar surface area (TPSA) is 49.4 Å². The van der Waals surface area contributed by atoms with Crippen LogP contribution in [-0.2, 0) is 16.0 Å². The summed E-state index contributed by atoms with van der Waals surface area (Å²) in [5, 5.41) is 3.55. The monoisotopic (exact) mass is 500 g/mol. The predicted octanol–water partition coefficient (Wildman–Crippen LogP) is 6.00. The second kappa shape index (κ2) is 10.8. The Labute approximate surface area is 215 Å². The van der Waals surface area contributed by atoms with Crippen molar-refractivity contribution < 1.29 is 9.59 Å². The Morgan fingerprint density at radius 1 is 1.06 bits per heavy atom. The zero-order valence-electron chi connectivity index (χ0n) is 19.6. The predicted molar refractivity (Wildman–Crippen MR) is 146 cm³/mol. The molecule has 0 bridgehead atoms. The SMILES string of the molecule is CN1/C(=C(\C(=C/C=O)Cc2cccc3ccccc23)C2CC2)SCC1C(=O)NSc1ccccc1. The molecule has 0 aromatic heterocycles. The molecule has 1 N–H and O–H groups in total. The molecule has 4 nitrogen and oxygen atoms in total. The number of benzene rings is 3. The molecule has 1 amide bonds. The number of thioether (sulfide) groups is 1. The van der Waals surface area contributed by atoms with E-state index in [1.807, 2.05) is 37.4 Å². The minimum absolute atomic E-state index is 0.00831. The Balaban J connectivity index is 1.40. The number of nitrogens with one attached hydrogen (secondary N) is 1. The van der Waals surface area contributed by atoms with Crippen LogP contribution >= 0.6 is 23.7 Å². The molecule has 35 heavy (non-hydrogen) atoms. The molecule has 1 atom stereocenters. The number of nitrogens with zero attached hydrogens (tertiary/aromatic N) is 1. The molecular weight excluding hydrogens is 472 g/mol. The van der Waals surface area contributed by atoms with E-state index in [2.05, 4.69) is 52.1 Å². The van der Waals surface area contributed by atoms with Gasteiger partial charge in [-0.3, -0.25) is 14.3 Å². The normalized spacial score (nSPS) is 19.6. The summed E-state index contributed by atoms with van der Waals surface area (Å²) in [6.07, 6.45) is 5.59. The highest BCUT2D eigenvalue weighted by atomic mass is 32.2. The van der Waals surface area contributed by atoms with Crippen LogP contribution in [0.15, 0.2) is 99.9 Å². The lowest BCUT2D eigenvalue weighted by atomic mass is 9.92. The maximum Gasteiger partial charge on any atom is 0.253 e. The van der Waals surface area contributed by atoms with Gasteiger partial charge in [-0.2, -0.15) is 0 Å². The van der Waals surface area contributed by atoms with Crippen LogP contribution in [0.1, 0.15) is 18.4 Å². The lowest BCUT2D eigenvalue weighted by molar-refractivity contribution is -0.122. The molecule has 1 saturated carbocycles. The highest BCUT2D eigenvalue weighted by molar-refractivity contribution is 8.03. The zero-order chi connectivity index (χ0) is 24.2. The van der Waals surface area contributed by atoms with Gasteiger partial charge in [-0.05, 0) is 82.8 Å². The molecule has 0 radical (unpaired) electrons. The van der Waals surface area contributed by atoms with E-state index in [0.717, 1.165) is 34.6 Å². The smallest absolute Gasteiger partial charge is 0.253 e. The van der Waals surface area contributed by atoms with Crippen LogP contribution in [0.2, 0.25) is 0 Å². The van der Waals surface area contributed by atoms with E-state index in [0.29, 0.717) is 18.1 Å². The molecule has 178 valence electrons. The molecule has 1 heterocycles. The number of likely N-dealkylation sites (N-methyl/N-ethyl adjacent to an activating group) is 1. The van der Waals surface area contributed by atoms with Crippen molar-refractivity contribution >= 4 is 46.7 Å². The van der Waals surface area contributed by atoms with Gasteiger partial charge in [0.1, 0.15) is 12.3 Å². The van der Waals surface area contributed by atoms with Gasteiger partial charge in [0.25, 0.3) is 5.91 Å². The first-order valence-electron chi connectivity index (χ1n) is 11.9. The quantitative estimate of drug-likeness (QED) is 0.234. The van der Waals surface area contributed by atoms with Crippen molar-refractivity contribution in [2.75, 3.05) is 12.8 Å². The number of aldehydes is 1. The van der Waals surface area contributed by atoms with Crippen LogP contribution in [0.5, 0.6) is 0 Å². The summed E-state index contributed by atoms with van der Waals surface area (Å²) in [4.78, 5) is 27.9. The standard InChI is InChI=1S/C29H28N2O2S2/c1-31-26(28(33)30-35-24-11-3-2-4-12-24)19-34-29(31)27(21-14-15-21)23(16-17-32)18-22-10-7-9-20-8-5-6-13-25(20)22/h2-13,16-17,21,26H,14-15,18-19H2,1H3,(H,30,33)/b23-16-,29-27+. The third-order valence-electron chi connectivity index (χ3n) is 6.57. The molecule has 1 aliphatic carbocycles. The first kappa shape index (κ1) is 23.8. The molecule has 1 aliphatic heterocycles. The lowest BCUT2D eigenvalue weighted by Gasteiger charge is -2.24. The van der Waals surface area contributed by atoms with Gasteiger partial charge in [0.15, 0.2) is 0 Å². The molecule has 2 fully saturated rings. The molecule has 1 unspecified atom stereocenters. The van der Waals surface area contributed by atoms with Gasteiger partial charge in [-0.25, -0.2) is 0 Å². The van der Waals surface area contributed by atoms with Crippen molar-refractivity contribution in [1.29, 1.82) is 0 Å². The number of hydrogen-bond donors (Lipinski definition) is 1. The first-order chi connectivity index (χ1) is 17.2. The zero-order valence-corrected chi connectivity index (χ0v) is 21.3. The highest BCUT2D eigenvalue weighted by Gasteiger charge is 2.38. The molecule has 3 aromatic carbocycles. The molecule has 6 heteroatoms. The van der Waals surface area contributed by atoms with Gasteiger partial charge >= 0.3 is 0 Å². The summed E-state index contributed by atoms with van der Waals surface area (Å²) in [6.45, 7) is 0. The summed E-state index contributed by atoms with van der Waals surface area (Å²) in [7, 11) is 2.01. The van der Waals surface area contributed by atoms with Crippen molar-refractivity contribution in [3.8, 4) is 0 Å². The number of carbonyl (C=O) groups excluding carboxylic acids is 2. The van der Waals surface area contributed by atoms with Gasteiger partial charge in [0.2, 0.25) is 0 Å². The second-order valence-corrected chi connectivity index (χ2v) is 10.8. The molecule has 0 spiro atoms. The summed E-state index contributed by atoms with van der Waals surface area (Å²) >= 11 is 3.09. The Kier molecular flexibility index (Phi) is 7.30. The summed E-state index contributed by atoms with van der Waals surface area (Å²) in [6, 6.07) is 24.4. The van der Waals surface area contributed by atoms with E-state index in [1.165, 1.54) is 33.9 Å². The third kappa shape index (κ3) is 5.34. The fraction of sp³-hybridized carbons (Fsp3) is 0.241. The van der Waals surface area contributed by atoms with E-state index in [-0.39, 0.29) is 11.9 Å². The van der Waals surface area contributed by atoms with Crippen LogP contribution in [0.25, 0.3) is 10.8 Å². The Hall–Kier alpha value is -2.96. The molecule has 3 aromatic rings. The first-order valence-corrected chi connectivity index (χ1v) is 13.7. The Morgan fingerprint density at radius 3 is 2.57 bits per heavy atom. The van der Waals surface area contributed by atoms with Gasteiger partial charge < -0.3 is 4.90 Å². The van der Waals surface area contributed by atoms with Crippen LogP contribution < -0.4 is 4.72 Å². The van der Waals surface area contributed by atoms with E-state index in [4.69, 9.17) is 0 Å². The van der Waals surface area contributed by atoms with Crippen LogP contribution in [0.3, 0.4) is 0 Å². The maximum absolute atomic E-state index is 13.0. The average Bonchev–Trinajstić information content (AvgIpc) is 3.65. The fourth-order valence-corrected chi connectivity index (χ4v) is 6.74. The Morgan fingerprint density at radius 2 is 1.80 bits per heavy atom. The van der Waals surface area contributed by atoms with Gasteiger partial charge in [0.05, 0.1) is 5.03 Å². The summed E-state index contributed by atoms with van der Waals surface area (Å²) < 4.78 is 3.02. The second-order valence-electron chi connectivity index (χ2n) is 8.96. The van der Waals surface area contributed by atoms with Crippen molar-refractivity contribution in [1.82, 2.24) is 9.62 Å². The summed E-state index contributed by atoms with van der Waals surface area (Å²) in [5.41, 5.74) is 3.52. The number of allylic oxidation sites excluding steroid dienone is 3. The maximum atomic E-state index is 13.0. The number of hydrogen-bond acceptors (Lipinski definition) is 5.